The van der Waals surface area contributed by atoms with Crippen LogP contribution in [0.1, 0.15) is 77.0 Å². The first kappa shape index (κ1) is 66.1. The lowest BCUT2D eigenvalue weighted by molar-refractivity contribution is -0.150. The quantitative estimate of drug-likeness (QED) is 0.0159. The number of carbonyl (C=O) groups is 13. The van der Waals surface area contributed by atoms with E-state index in [1.165, 1.54) is 23.1 Å². The number of nitrogens with zero attached hydrogens (tertiary/aromatic N) is 4. The van der Waals surface area contributed by atoms with Gasteiger partial charge in [-0.2, -0.15) is 0 Å². The SMILES string of the molecule is NC(=O)CCC(NC(=O)C(CCC(N)=O)NC(=O)C(CCCN(O)C=O)NC(=O)C1CCN=C(C(CO)NC(=O)C2CCNC3=C(NC(=O)CCC(=O)O)C=C4C=C(O)C(O)=CC4N32)N1)C(=O)NC(CCCN(O)C=O)C(=O)NCC(=O)O. The molecule has 4 rings (SSSR count). The monoisotopic (exact) mass is 1180 g/mol. The minimum atomic E-state index is -1.74. The molecule has 20 N–H and O–H groups in total. The summed E-state index contributed by atoms with van der Waals surface area (Å²) in [6.07, 6.45) is 0.219. The highest BCUT2D eigenvalue weighted by Crippen LogP contribution is 2.35. The highest BCUT2D eigenvalue weighted by Gasteiger charge is 2.43. The number of carbonyl (C=O) groups excluding carboxylic acids is 11. The van der Waals surface area contributed by atoms with Crippen LogP contribution in [0.4, 0.5) is 0 Å². The Labute approximate surface area is 471 Å². The molecule has 0 radical (unpaired) electrons. The molecule has 0 bridgehead atoms. The van der Waals surface area contributed by atoms with Crippen LogP contribution in [0.3, 0.4) is 0 Å². The molecule has 3 heterocycles. The molecule has 0 saturated carbocycles. The normalized spacial score (nSPS) is 18.8. The topological polar surface area (TPSA) is 546 Å². The van der Waals surface area contributed by atoms with Crippen LogP contribution in [0.2, 0.25) is 0 Å². The zero-order chi connectivity index (χ0) is 61.5. The minimum Gasteiger partial charge on any atom is -0.504 e. The van der Waals surface area contributed by atoms with Gasteiger partial charge in [-0.05, 0) is 75.2 Å². The number of nitrogens with one attached hydrogen (secondary N) is 9. The molecule has 8 atom stereocenters. The highest BCUT2D eigenvalue weighted by atomic mass is 16.5. The Morgan fingerprint density at radius 1 is 0.699 bits per heavy atom. The van der Waals surface area contributed by atoms with E-state index in [4.69, 9.17) is 21.7 Å². The molecule has 8 unspecified atom stereocenters. The summed E-state index contributed by atoms with van der Waals surface area (Å²) in [5.74, 6) is -12.2. The van der Waals surface area contributed by atoms with Gasteiger partial charge in [0, 0.05) is 45.4 Å². The Kier molecular flexibility index (Phi) is 25.6. The molecule has 0 aromatic carbocycles. The van der Waals surface area contributed by atoms with Gasteiger partial charge in [0.05, 0.1) is 24.8 Å². The lowest BCUT2D eigenvalue weighted by Gasteiger charge is -2.47. The lowest BCUT2D eigenvalue weighted by atomic mass is 9.90. The van der Waals surface area contributed by atoms with Crippen molar-refractivity contribution in [2.75, 3.05) is 39.3 Å². The minimum absolute atomic E-state index is 0.0331. The van der Waals surface area contributed by atoms with Crippen molar-refractivity contribution >= 4 is 83.8 Å². The number of aliphatic carboxylic acids is 2. The smallest absolute Gasteiger partial charge is 0.322 e. The maximum Gasteiger partial charge on any atom is 0.322 e. The van der Waals surface area contributed by atoms with E-state index in [2.05, 4.69) is 52.8 Å². The van der Waals surface area contributed by atoms with Crippen molar-refractivity contribution in [1.82, 2.24) is 62.9 Å². The van der Waals surface area contributed by atoms with E-state index in [0.717, 1.165) is 0 Å². The summed E-state index contributed by atoms with van der Waals surface area (Å²) in [5.41, 5.74) is 11.1. The van der Waals surface area contributed by atoms with Crippen molar-refractivity contribution < 1.29 is 98.3 Å². The second-order valence-electron chi connectivity index (χ2n) is 19.2. The molecule has 11 amide bonds. The van der Waals surface area contributed by atoms with Crippen LogP contribution in [0, 0.1) is 0 Å². The molecule has 1 fully saturated rings. The van der Waals surface area contributed by atoms with Crippen molar-refractivity contribution in [2.45, 2.75) is 125 Å². The maximum absolute atomic E-state index is 14.3. The third-order valence-corrected chi connectivity index (χ3v) is 13.0. The second kappa shape index (κ2) is 32.2. The molecule has 3 aliphatic heterocycles. The summed E-state index contributed by atoms with van der Waals surface area (Å²) in [5, 5.41) is 92.5. The second-order valence-corrected chi connectivity index (χ2v) is 19.2. The Morgan fingerprint density at radius 3 is 1.77 bits per heavy atom. The Balaban J connectivity index is 1.54. The summed E-state index contributed by atoms with van der Waals surface area (Å²) >= 11 is 0. The van der Waals surface area contributed by atoms with Gasteiger partial charge in [0.25, 0.3) is 0 Å². The molecular weight excluding hydrogens is 1110 g/mol. The molecule has 35 heteroatoms. The number of hydroxylamine groups is 4. The number of aliphatic hydroxyl groups excluding tert-OH is 3. The van der Waals surface area contributed by atoms with Crippen LogP contribution >= 0.6 is 0 Å². The number of carboxylic acids is 2. The van der Waals surface area contributed by atoms with Gasteiger partial charge in [-0.3, -0.25) is 77.7 Å². The van der Waals surface area contributed by atoms with E-state index in [1.54, 1.807) is 0 Å². The standard InChI is InChI=1S/C48H69N15O20/c49-36(69)7-5-27(45(78)56-25(3-1-15-61(82)22-65)43(76)53-20-40(74)75)59-46(79)28(6-8-37(50)70)58-44(77)26(4-2-16-62(83)23-66)57-47(80)29-11-13-51-41(55-29)31(21-64)60-48(81)32-12-14-52-42-30(54-38(71)9-10-39(72)73)17-24-18-34(67)35(68)19-33(24)63(32)42/h17-19,22-23,25-29,31-33,52,64,67-68,82-83H,1-16,20-21H2,(H2,49,69)(H2,50,70)(H,51,55)(H,53,76)(H,54,71)(H,56,78)(H,57,80)(H,58,77)(H,59,79)(H,60,81)(H,72,73)(H,74,75). The van der Waals surface area contributed by atoms with Gasteiger partial charge in [0.15, 0.2) is 11.5 Å². The average Bonchev–Trinajstić information content (AvgIpc) is 2.26. The molecule has 0 spiro atoms. The van der Waals surface area contributed by atoms with Crippen LogP contribution in [-0.4, -0.2) is 222 Å². The van der Waals surface area contributed by atoms with Crippen LogP contribution in [0.15, 0.2) is 51.8 Å². The maximum atomic E-state index is 14.3. The van der Waals surface area contributed by atoms with E-state index in [9.17, 15) is 88.1 Å². The van der Waals surface area contributed by atoms with Crippen molar-refractivity contribution in [3.63, 3.8) is 0 Å². The molecular formula is C48H69N15O20. The van der Waals surface area contributed by atoms with Gasteiger partial charge < -0.3 is 89.8 Å². The summed E-state index contributed by atoms with van der Waals surface area (Å²) in [6, 6.07) is -11.2. The molecule has 0 aromatic rings. The predicted octanol–water partition coefficient (Wildman–Crippen LogP) is -6.83. The van der Waals surface area contributed by atoms with Crippen LogP contribution in [0.5, 0.6) is 0 Å². The number of amidine groups is 1. The molecule has 1 saturated heterocycles. The summed E-state index contributed by atoms with van der Waals surface area (Å²) in [7, 11) is 0. The zero-order valence-corrected chi connectivity index (χ0v) is 44.6. The van der Waals surface area contributed by atoms with E-state index in [-0.39, 0.29) is 105 Å². The number of primary amides is 2. The van der Waals surface area contributed by atoms with E-state index in [0.29, 0.717) is 5.57 Å². The molecule has 4 aliphatic rings. The molecule has 456 valence electrons. The van der Waals surface area contributed by atoms with Crippen molar-refractivity contribution in [3.05, 3.63) is 46.8 Å². The number of allylic oxidation sites excluding steroid dienone is 1. The lowest BCUT2D eigenvalue weighted by Crippen LogP contribution is -2.63. The highest BCUT2D eigenvalue weighted by molar-refractivity contribution is 5.99. The average molecular weight is 1180 g/mol. The van der Waals surface area contributed by atoms with Crippen LogP contribution in [0.25, 0.3) is 0 Å². The fourth-order valence-electron chi connectivity index (χ4n) is 8.85. The fraction of sp³-hybridized carbons (Fsp3) is 0.542. The summed E-state index contributed by atoms with van der Waals surface area (Å²) in [4.78, 5) is 170. The van der Waals surface area contributed by atoms with Crippen LogP contribution in [-0.2, 0) is 62.3 Å². The van der Waals surface area contributed by atoms with Gasteiger partial charge in [-0.1, -0.05) is 0 Å². The number of aliphatic imine (C=N–C) groups is 1. The first-order valence-corrected chi connectivity index (χ1v) is 26.0. The fourth-order valence-corrected chi connectivity index (χ4v) is 8.85. The van der Waals surface area contributed by atoms with E-state index < -0.39 is 177 Å². The van der Waals surface area contributed by atoms with Gasteiger partial charge in [-0.15, -0.1) is 0 Å². The number of hydrogen-bond donors (Lipinski definition) is 18. The van der Waals surface area contributed by atoms with E-state index >= 15 is 0 Å². The third kappa shape index (κ3) is 20.6. The van der Waals surface area contributed by atoms with Gasteiger partial charge in [0.2, 0.25) is 66.0 Å². The third-order valence-electron chi connectivity index (χ3n) is 13.0. The number of hydrogen-bond acceptors (Lipinski definition) is 22. The number of fused-ring (bicyclic) bond motifs is 3. The molecule has 0 aromatic heterocycles. The molecule has 83 heavy (non-hydrogen) atoms. The zero-order valence-electron chi connectivity index (χ0n) is 44.6. The predicted molar refractivity (Wildman–Crippen MR) is 279 cm³/mol. The van der Waals surface area contributed by atoms with Gasteiger partial charge >= 0.3 is 11.9 Å². The van der Waals surface area contributed by atoms with Crippen molar-refractivity contribution in [2.24, 2.45) is 16.5 Å². The number of aliphatic hydroxyl groups is 3. The Bertz CT molecular complexity index is 2640. The molecule has 35 nitrogen and oxygen atoms in total. The Hall–Kier alpha value is -9.38. The van der Waals surface area contributed by atoms with Crippen LogP contribution < -0.4 is 59.3 Å². The van der Waals surface area contributed by atoms with Gasteiger partial charge in [-0.25, -0.2) is 10.1 Å². The number of amides is 11. The largest absolute Gasteiger partial charge is 0.504 e. The van der Waals surface area contributed by atoms with Crippen molar-refractivity contribution in [3.8, 4) is 0 Å². The number of nitrogens with two attached hydrogens (primary N) is 2. The van der Waals surface area contributed by atoms with E-state index in [1.807, 2.05) is 0 Å². The number of carboxylic acid groups (broad SMARTS) is 2. The first-order valence-electron chi connectivity index (χ1n) is 26.0. The summed E-state index contributed by atoms with van der Waals surface area (Å²) in [6.45, 7) is -2.29. The van der Waals surface area contributed by atoms with Crippen molar-refractivity contribution in [1.29, 1.82) is 0 Å². The number of rotatable bonds is 35. The summed E-state index contributed by atoms with van der Waals surface area (Å²) < 4.78 is 0. The van der Waals surface area contributed by atoms with Gasteiger partial charge in [0.1, 0.15) is 60.5 Å². The molecule has 1 aliphatic carbocycles. The first-order chi connectivity index (χ1) is 39.3. The Morgan fingerprint density at radius 2 is 1.25 bits per heavy atom.